The Hall–Kier alpha value is -1.79. The Morgan fingerprint density at radius 3 is 2.52 bits per heavy atom. The molecule has 1 fully saturated rings. The van der Waals surface area contributed by atoms with Gasteiger partial charge in [-0.2, -0.15) is 0 Å². The maximum Gasteiger partial charge on any atom is 0.265 e. The first-order valence-corrected chi connectivity index (χ1v) is 9.58. The van der Waals surface area contributed by atoms with Gasteiger partial charge in [-0.3, -0.25) is 9.69 Å². The summed E-state index contributed by atoms with van der Waals surface area (Å²) in [6.45, 7) is 6.03. The lowest BCUT2D eigenvalue weighted by Gasteiger charge is -2.26. The first-order valence-electron chi connectivity index (χ1n) is 8.83. The van der Waals surface area contributed by atoms with Gasteiger partial charge < -0.3 is 14.8 Å². The molecule has 1 aliphatic rings. The van der Waals surface area contributed by atoms with Crippen molar-refractivity contribution in [3.63, 3.8) is 0 Å². The molecule has 27 heavy (non-hydrogen) atoms. The second kappa shape index (κ2) is 9.42. The van der Waals surface area contributed by atoms with Crippen LogP contribution in [0.25, 0.3) is 0 Å². The van der Waals surface area contributed by atoms with E-state index in [0.29, 0.717) is 15.8 Å². The fraction of sp³-hybridized carbons (Fsp3) is 0.350. The van der Waals surface area contributed by atoms with E-state index in [-0.39, 0.29) is 5.91 Å². The lowest BCUT2D eigenvalue weighted by atomic mass is 10.2. The molecule has 1 heterocycles. The van der Waals surface area contributed by atoms with Crippen LogP contribution >= 0.6 is 23.2 Å². The quantitative estimate of drug-likeness (QED) is 0.776. The number of benzene rings is 2. The van der Waals surface area contributed by atoms with Crippen molar-refractivity contribution >= 4 is 34.8 Å². The molecule has 7 heteroatoms. The molecule has 2 aromatic carbocycles. The highest BCUT2D eigenvalue weighted by atomic mass is 35.5. The number of carbonyl (C=O) groups is 1. The molecule has 0 aromatic heterocycles. The molecule has 0 saturated carbocycles. The Bertz CT molecular complexity index is 777. The van der Waals surface area contributed by atoms with E-state index in [1.807, 2.05) is 24.3 Å². The summed E-state index contributed by atoms with van der Waals surface area (Å²) < 4.78 is 11.0. The fourth-order valence-corrected chi connectivity index (χ4v) is 3.05. The second-order valence-electron chi connectivity index (χ2n) is 6.41. The molecule has 1 unspecified atom stereocenters. The summed E-state index contributed by atoms with van der Waals surface area (Å²) in [5.74, 6) is 0.259. The van der Waals surface area contributed by atoms with Gasteiger partial charge in [0.25, 0.3) is 5.91 Å². The molecule has 5 nitrogen and oxygen atoms in total. The van der Waals surface area contributed by atoms with Crippen LogP contribution < -0.4 is 10.1 Å². The predicted molar refractivity (Wildman–Crippen MR) is 108 cm³/mol. The average Bonchev–Trinajstić information content (AvgIpc) is 2.67. The monoisotopic (exact) mass is 408 g/mol. The van der Waals surface area contributed by atoms with Crippen molar-refractivity contribution in [1.29, 1.82) is 0 Å². The minimum absolute atomic E-state index is 0.234. The highest BCUT2D eigenvalue weighted by molar-refractivity contribution is 6.42. The number of hydrogen-bond donors (Lipinski definition) is 1. The molecule has 0 aliphatic carbocycles. The normalized spacial score (nSPS) is 16.0. The van der Waals surface area contributed by atoms with Crippen LogP contribution in [0.2, 0.25) is 10.0 Å². The standard InChI is InChI=1S/C20H22Cl2N2O3/c1-14(27-17-6-7-18(21)19(22)12-17)20(25)23-16-4-2-15(3-5-16)13-24-8-10-26-11-9-24/h2-7,12,14H,8-11,13H2,1H3,(H,23,25). The largest absolute Gasteiger partial charge is 0.481 e. The van der Waals surface area contributed by atoms with E-state index in [9.17, 15) is 4.79 Å². The summed E-state index contributed by atoms with van der Waals surface area (Å²) in [5.41, 5.74) is 1.94. The third kappa shape index (κ3) is 5.84. The number of carbonyl (C=O) groups excluding carboxylic acids is 1. The van der Waals surface area contributed by atoms with Crippen LogP contribution in [-0.4, -0.2) is 43.2 Å². The van der Waals surface area contributed by atoms with Crippen LogP contribution in [0.15, 0.2) is 42.5 Å². The smallest absolute Gasteiger partial charge is 0.265 e. The van der Waals surface area contributed by atoms with E-state index in [1.165, 1.54) is 5.56 Å². The number of nitrogens with one attached hydrogen (secondary N) is 1. The van der Waals surface area contributed by atoms with Gasteiger partial charge in [0.15, 0.2) is 6.10 Å². The Morgan fingerprint density at radius 2 is 1.85 bits per heavy atom. The number of anilines is 1. The number of hydrogen-bond acceptors (Lipinski definition) is 4. The molecule has 1 N–H and O–H groups in total. The zero-order valence-electron chi connectivity index (χ0n) is 15.1. The van der Waals surface area contributed by atoms with Gasteiger partial charge >= 0.3 is 0 Å². The minimum Gasteiger partial charge on any atom is -0.481 e. The van der Waals surface area contributed by atoms with Crippen molar-refractivity contribution in [3.8, 4) is 5.75 Å². The Kier molecular flexibility index (Phi) is 6.96. The molecule has 0 spiro atoms. The maximum absolute atomic E-state index is 12.4. The minimum atomic E-state index is -0.671. The summed E-state index contributed by atoms with van der Waals surface area (Å²) in [6.07, 6.45) is -0.671. The zero-order valence-corrected chi connectivity index (χ0v) is 16.6. The van der Waals surface area contributed by atoms with Crippen molar-refractivity contribution in [1.82, 2.24) is 4.90 Å². The van der Waals surface area contributed by atoms with Gasteiger partial charge in [-0.05, 0) is 36.8 Å². The molecule has 1 atom stereocenters. The lowest BCUT2D eigenvalue weighted by molar-refractivity contribution is -0.122. The zero-order chi connectivity index (χ0) is 19.2. The van der Waals surface area contributed by atoms with E-state index in [0.717, 1.165) is 38.5 Å². The third-order valence-electron chi connectivity index (χ3n) is 4.30. The van der Waals surface area contributed by atoms with E-state index in [2.05, 4.69) is 10.2 Å². The van der Waals surface area contributed by atoms with Gasteiger partial charge in [0, 0.05) is 31.4 Å². The Balaban J connectivity index is 1.52. The number of rotatable bonds is 6. The van der Waals surface area contributed by atoms with Gasteiger partial charge in [0.2, 0.25) is 0 Å². The summed E-state index contributed by atoms with van der Waals surface area (Å²) >= 11 is 11.9. The number of morpholine rings is 1. The Labute approximate surface area is 169 Å². The number of ether oxygens (including phenoxy) is 2. The van der Waals surface area contributed by atoms with Crippen LogP contribution in [0.4, 0.5) is 5.69 Å². The molecule has 1 saturated heterocycles. The van der Waals surface area contributed by atoms with Crippen molar-refractivity contribution in [2.45, 2.75) is 19.6 Å². The van der Waals surface area contributed by atoms with E-state index in [1.54, 1.807) is 25.1 Å². The molecule has 144 valence electrons. The van der Waals surface area contributed by atoms with Crippen LogP contribution in [0, 0.1) is 0 Å². The first-order chi connectivity index (χ1) is 13.0. The highest BCUT2D eigenvalue weighted by Gasteiger charge is 2.16. The van der Waals surface area contributed by atoms with Crippen LogP contribution in [0.5, 0.6) is 5.75 Å². The van der Waals surface area contributed by atoms with Gasteiger partial charge in [-0.1, -0.05) is 35.3 Å². The fourth-order valence-electron chi connectivity index (χ4n) is 2.76. The van der Waals surface area contributed by atoms with Gasteiger partial charge in [-0.15, -0.1) is 0 Å². The molecule has 0 bridgehead atoms. The number of halogens is 2. The topological polar surface area (TPSA) is 50.8 Å². The summed E-state index contributed by atoms with van der Waals surface area (Å²) in [7, 11) is 0. The maximum atomic E-state index is 12.4. The van der Waals surface area contributed by atoms with E-state index in [4.69, 9.17) is 32.7 Å². The van der Waals surface area contributed by atoms with Crippen LogP contribution in [0.1, 0.15) is 12.5 Å². The summed E-state index contributed by atoms with van der Waals surface area (Å²) in [6, 6.07) is 12.8. The lowest BCUT2D eigenvalue weighted by Crippen LogP contribution is -2.35. The predicted octanol–water partition coefficient (Wildman–Crippen LogP) is 4.23. The van der Waals surface area contributed by atoms with Gasteiger partial charge in [-0.25, -0.2) is 0 Å². The summed E-state index contributed by atoms with van der Waals surface area (Å²) in [5, 5.41) is 3.69. The molecular formula is C20H22Cl2N2O3. The summed E-state index contributed by atoms with van der Waals surface area (Å²) in [4.78, 5) is 14.7. The van der Waals surface area contributed by atoms with Crippen molar-refractivity contribution in [2.24, 2.45) is 0 Å². The number of nitrogens with zero attached hydrogens (tertiary/aromatic N) is 1. The second-order valence-corrected chi connectivity index (χ2v) is 7.23. The van der Waals surface area contributed by atoms with Crippen LogP contribution in [0.3, 0.4) is 0 Å². The molecule has 2 aromatic rings. The van der Waals surface area contributed by atoms with E-state index < -0.39 is 6.10 Å². The van der Waals surface area contributed by atoms with Crippen molar-refractivity contribution < 1.29 is 14.3 Å². The molecular weight excluding hydrogens is 387 g/mol. The van der Waals surface area contributed by atoms with E-state index >= 15 is 0 Å². The molecule has 0 radical (unpaired) electrons. The SMILES string of the molecule is CC(Oc1ccc(Cl)c(Cl)c1)C(=O)Nc1ccc(CN2CCOCC2)cc1. The molecule has 1 aliphatic heterocycles. The average molecular weight is 409 g/mol. The van der Waals surface area contributed by atoms with Gasteiger partial charge in [0.05, 0.1) is 23.3 Å². The first kappa shape index (κ1) is 20.0. The third-order valence-corrected chi connectivity index (χ3v) is 5.04. The van der Waals surface area contributed by atoms with Crippen molar-refractivity contribution in [2.75, 3.05) is 31.6 Å². The Morgan fingerprint density at radius 1 is 1.15 bits per heavy atom. The highest BCUT2D eigenvalue weighted by Crippen LogP contribution is 2.27. The molecule has 3 rings (SSSR count). The van der Waals surface area contributed by atoms with Gasteiger partial charge in [0.1, 0.15) is 5.75 Å². The number of amides is 1. The molecule has 1 amide bonds. The van der Waals surface area contributed by atoms with Crippen LogP contribution in [-0.2, 0) is 16.1 Å². The van der Waals surface area contributed by atoms with Crippen molar-refractivity contribution in [3.05, 3.63) is 58.1 Å².